The van der Waals surface area contributed by atoms with Crippen LogP contribution in [-0.2, 0) is 16.4 Å². The summed E-state index contributed by atoms with van der Waals surface area (Å²) >= 11 is 0. The van der Waals surface area contributed by atoms with E-state index in [9.17, 15) is 13.2 Å². The molecule has 156 valence electrons. The first kappa shape index (κ1) is 21.5. The fourth-order valence-corrected chi connectivity index (χ4v) is 4.78. The average Bonchev–Trinajstić information content (AvgIpc) is 2.73. The van der Waals surface area contributed by atoms with E-state index in [1.54, 1.807) is 18.2 Å². The van der Waals surface area contributed by atoms with Gasteiger partial charge in [0.15, 0.2) is 0 Å². The lowest BCUT2D eigenvalue weighted by atomic mass is 10.1. The number of aryl methyl sites for hydroxylation is 1. The molecule has 6 nitrogen and oxygen atoms in total. The van der Waals surface area contributed by atoms with Crippen molar-refractivity contribution in [3.63, 3.8) is 0 Å². The summed E-state index contributed by atoms with van der Waals surface area (Å²) in [6.45, 7) is 4.48. The van der Waals surface area contributed by atoms with E-state index in [1.165, 1.54) is 15.9 Å². The van der Waals surface area contributed by atoms with Crippen LogP contribution in [0.4, 0.5) is 5.69 Å². The number of piperazine rings is 1. The van der Waals surface area contributed by atoms with E-state index in [4.69, 9.17) is 0 Å². The van der Waals surface area contributed by atoms with Crippen molar-refractivity contribution in [1.82, 2.24) is 9.21 Å². The highest BCUT2D eigenvalue weighted by Crippen LogP contribution is 2.20. The topological polar surface area (TPSA) is 69.7 Å². The Morgan fingerprint density at radius 2 is 1.72 bits per heavy atom. The van der Waals surface area contributed by atoms with Crippen molar-refractivity contribution in [1.29, 1.82) is 0 Å². The molecule has 1 saturated heterocycles. The van der Waals surface area contributed by atoms with Crippen LogP contribution in [0, 0.1) is 0 Å². The second kappa shape index (κ2) is 9.52. The van der Waals surface area contributed by atoms with Crippen LogP contribution in [0.25, 0.3) is 0 Å². The van der Waals surface area contributed by atoms with Gasteiger partial charge in [0.25, 0.3) is 5.91 Å². The van der Waals surface area contributed by atoms with Gasteiger partial charge in [-0.05, 0) is 55.8 Å². The third-order valence-corrected chi connectivity index (χ3v) is 7.12. The largest absolute Gasteiger partial charge is 0.322 e. The third-order valence-electron chi connectivity index (χ3n) is 5.23. The summed E-state index contributed by atoms with van der Waals surface area (Å²) in [5.74, 6) is -0.318. The van der Waals surface area contributed by atoms with Gasteiger partial charge < -0.3 is 10.2 Å². The highest BCUT2D eigenvalue weighted by atomic mass is 32.2. The Labute approximate surface area is 173 Å². The van der Waals surface area contributed by atoms with E-state index in [0.717, 1.165) is 19.3 Å². The molecule has 0 atom stereocenters. The third kappa shape index (κ3) is 5.44. The first-order valence-corrected chi connectivity index (χ1v) is 11.5. The molecular formula is C22H29N3O3S. The van der Waals surface area contributed by atoms with Gasteiger partial charge in [-0.1, -0.05) is 31.5 Å². The molecule has 0 spiro atoms. The molecule has 3 rings (SSSR count). The predicted molar refractivity (Wildman–Crippen MR) is 116 cm³/mol. The number of benzene rings is 2. The standard InChI is InChI=1S/C22H29N3O3S/c1-3-4-6-18-9-11-20(12-10-18)23-22(26)19-7-5-8-21(17-19)29(27,28)25-15-13-24(2)14-16-25/h5,7-12,17H,3-4,6,13-16H2,1-2H3,(H,23,26). The molecule has 0 bridgehead atoms. The quantitative estimate of drug-likeness (QED) is 0.754. The average molecular weight is 416 g/mol. The maximum atomic E-state index is 12.9. The van der Waals surface area contributed by atoms with E-state index >= 15 is 0 Å². The Balaban J connectivity index is 1.70. The Morgan fingerprint density at radius 3 is 2.38 bits per heavy atom. The van der Waals surface area contributed by atoms with Gasteiger partial charge in [0.2, 0.25) is 10.0 Å². The molecular weight excluding hydrogens is 386 g/mol. The van der Waals surface area contributed by atoms with Gasteiger partial charge in [-0.2, -0.15) is 4.31 Å². The molecule has 7 heteroatoms. The molecule has 1 fully saturated rings. The molecule has 0 unspecified atom stereocenters. The fraction of sp³-hybridized carbons (Fsp3) is 0.409. The molecule has 0 radical (unpaired) electrons. The van der Waals surface area contributed by atoms with Crippen molar-refractivity contribution in [2.75, 3.05) is 38.5 Å². The predicted octanol–water partition coefficient (Wildman–Crippen LogP) is 3.22. The Bertz CT molecular complexity index is 934. The highest BCUT2D eigenvalue weighted by molar-refractivity contribution is 7.89. The summed E-state index contributed by atoms with van der Waals surface area (Å²) in [6.07, 6.45) is 3.31. The number of anilines is 1. The second-order valence-electron chi connectivity index (χ2n) is 7.49. The summed E-state index contributed by atoms with van der Waals surface area (Å²) in [6, 6.07) is 14.0. The van der Waals surface area contributed by atoms with Crippen LogP contribution in [0.1, 0.15) is 35.7 Å². The zero-order valence-corrected chi connectivity index (χ0v) is 17.9. The SMILES string of the molecule is CCCCc1ccc(NC(=O)c2cccc(S(=O)(=O)N3CCN(C)CC3)c2)cc1. The number of rotatable bonds is 7. The normalized spacial score (nSPS) is 15.9. The van der Waals surface area contributed by atoms with Crippen molar-refractivity contribution in [2.45, 2.75) is 31.1 Å². The number of amides is 1. The number of carbonyl (C=O) groups is 1. The Kier molecular flexibility index (Phi) is 7.05. The summed E-state index contributed by atoms with van der Waals surface area (Å²) in [4.78, 5) is 14.9. The van der Waals surface area contributed by atoms with Crippen molar-refractivity contribution in [3.05, 3.63) is 59.7 Å². The van der Waals surface area contributed by atoms with Crippen LogP contribution >= 0.6 is 0 Å². The molecule has 1 aliphatic heterocycles. The summed E-state index contributed by atoms with van der Waals surface area (Å²) < 4.78 is 27.3. The van der Waals surface area contributed by atoms with Crippen LogP contribution < -0.4 is 5.32 Å². The number of hydrogen-bond donors (Lipinski definition) is 1. The van der Waals surface area contributed by atoms with Crippen LogP contribution in [0.3, 0.4) is 0 Å². The molecule has 1 N–H and O–H groups in total. The molecule has 29 heavy (non-hydrogen) atoms. The van der Waals surface area contributed by atoms with Gasteiger partial charge in [0.1, 0.15) is 0 Å². The lowest BCUT2D eigenvalue weighted by Gasteiger charge is -2.31. The van der Waals surface area contributed by atoms with Crippen molar-refractivity contribution < 1.29 is 13.2 Å². The maximum absolute atomic E-state index is 12.9. The minimum Gasteiger partial charge on any atom is -0.322 e. The summed E-state index contributed by atoms with van der Waals surface area (Å²) in [7, 11) is -1.62. The van der Waals surface area contributed by atoms with Crippen LogP contribution in [0.15, 0.2) is 53.4 Å². The molecule has 0 aromatic heterocycles. The first-order valence-electron chi connectivity index (χ1n) is 10.1. The van der Waals surface area contributed by atoms with Crippen molar-refractivity contribution in [2.24, 2.45) is 0 Å². The van der Waals surface area contributed by atoms with Gasteiger partial charge in [0, 0.05) is 37.4 Å². The second-order valence-corrected chi connectivity index (χ2v) is 9.43. The van der Waals surface area contributed by atoms with Crippen molar-refractivity contribution in [3.8, 4) is 0 Å². The van der Waals surface area contributed by atoms with E-state index in [2.05, 4.69) is 17.1 Å². The fourth-order valence-electron chi connectivity index (χ4n) is 3.31. The summed E-state index contributed by atoms with van der Waals surface area (Å²) in [5.41, 5.74) is 2.27. The van der Waals surface area contributed by atoms with Gasteiger partial charge in [0.05, 0.1) is 4.90 Å². The van der Waals surface area contributed by atoms with Crippen molar-refractivity contribution >= 4 is 21.6 Å². The van der Waals surface area contributed by atoms with E-state index in [1.807, 2.05) is 31.3 Å². The van der Waals surface area contributed by atoms with Crippen LogP contribution in [0.2, 0.25) is 0 Å². The Hall–Kier alpha value is -2.22. The molecule has 1 heterocycles. The van der Waals surface area contributed by atoms with Gasteiger partial charge >= 0.3 is 0 Å². The molecule has 1 aliphatic rings. The zero-order valence-electron chi connectivity index (χ0n) is 17.1. The number of hydrogen-bond acceptors (Lipinski definition) is 4. The molecule has 1 amide bonds. The first-order chi connectivity index (χ1) is 13.9. The smallest absolute Gasteiger partial charge is 0.255 e. The number of nitrogens with one attached hydrogen (secondary N) is 1. The van der Waals surface area contributed by atoms with Gasteiger partial charge in [-0.15, -0.1) is 0 Å². The molecule has 2 aromatic rings. The lowest BCUT2D eigenvalue weighted by molar-refractivity contribution is 0.102. The Morgan fingerprint density at radius 1 is 1.03 bits per heavy atom. The number of unbranched alkanes of at least 4 members (excludes halogenated alkanes) is 1. The summed E-state index contributed by atoms with van der Waals surface area (Å²) in [5, 5.41) is 2.85. The monoisotopic (exact) mass is 415 g/mol. The maximum Gasteiger partial charge on any atom is 0.255 e. The van der Waals surface area contributed by atoms with E-state index in [-0.39, 0.29) is 10.8 Å². The number of likely N-dealkylation sites (N-methyl/N-ethyl adjacent to an activating group) is 1. The van der Waals surface area contributed by atoms with Crippen LogP contribution in [-0.4, -0.2) is 56.8 Å². The van der Waals surface area contributed by atoms with E-state index in [0.29, 0.717) is 37.4 Å². The zero-order chi connectivity index (χ0) is 20.9. The number of nitrogens with zero attached hydrogens (tertiary/aromatic N) is 2. The minimum atomic E-state index is -3.60. The highest BCUT2D eigenvalue weighted by Gasteiger charge is 2.27. The number of sulfonamides is 1. The van der Waals surface area contributed by atoms with Crippen LogP contribution in [0.5, 0.6) is 0 Å². The lowest BCUT2D eigenvalue weighted by Crippen LogP contribution is -2.47. The van der Waals surface area contributed by atoms with Gasteiger partial charge in [-0.3, -0.25) is 4.79 Å². The molecule has 0 saturated carbocycles. The minimum absolute atomic E-state index is 0.157. The van der Waals surface area contributed by atoms with E-state index < -0.39 is 10.0 Å². The number of carbonyl (C=O) groups excluding carboxylic acids is 1. The molecule has 0 aliphatic carbocycles. The molecule has 2 aromatic carbocycles. The van der Waals surface area contributed by atoms with Gasteiger partial charge in [-0.25, -0.2) is 8.42 Å².